The summed E-state index contributed by atoms with van der Waals surface area (Å²) in [7, 11) is -3.77. The molecule has 1 aliphatic heterocycles. The molecule has 28 heavy (non-hydrogen) atoms. The van der Waals surface area contributed by atoms with Gasteiger partial charge in [-0.3, -0.25) is 0 Å². The molecular formula is C22H19BrN2O2S. The Morgan fingerprint density at radius 1 is 0.964 bits per heavy atom. The standard InChI is InChI=1S/C22H19BrN2O2S/c1-16-7-5-9-18(13-16)22-15-21(17-8-6-10-19(23)14-17)24-25(22)28(26,27)20-11-3-2-4-12-20/h2-14,22H,15H2,1H3/t22-/m0/s1. The third-order valence-electron chi connectivity index (χ3n) is 4.74. The molecule has 3 aromatic rings. The van der Waals surface area contributed by atoms with Crippen LogP contribution in [0.3, 0.4) is 0 Å². The molecule has 0 saturated heterocycles. The Balaban J connectivity index is 1.82. The van der Waals surface area contributed by atoms with Crippen LogP contribution >= 0.6 is 15.9 Å². The molecule has 142 valence electrons. The average Bonchev–Trinajstić information content (AvgIpc) is 3.15. The largest absolute Gasteiger partial charge is 0.279 e. The van der Waals surface area contributed by atoms with E-state index in [4.69, 9.17) is 0 Å². The second kappa shape index (κ2) is 7.53. The topological polar surface area (TPSA) is 49.7 Å². The van der Waals surface area contributed by atoms with Crippen molar-refractivity contribution in [2.45, 2.75) is 24.3 Å². The smallest absolute Gasteiger partial charge is 0.200 e. The summed E-state index contributed by atoms with van der Waals surface area (Å²) >= 11 is 3.48. The number of benzene rings is 3. The Labute approximate surface area is 173 Å². The molecule has 1 heterocycles. The van der Waals surface area contributed by atoms with Crippen LogP contribution in [-0.2, 0) is 10.0 Å². The quantitative estimate of drug-likeness (QED) is 0.536. The Morgan fingerprint density at radius 3 is 2.43 bits per heavy atom. The normalized spacial score (nSPS) is 16.9. The lowest BCUT2D eigenvalue weighted by Gasteiger charge is -2.23. The molecule has 1 atom stereocenters. The first-order valence-electron chi connectivity index (χ1n) is 8.94. The van der Waals surface area contributed by atoms with E-state index >= 15 is 0 Å². The first-order chi connectivity index (χ1) is 13.4. The van der Waals surface area contributed by atoms with Gasteiger partial charge in [-0.15, -0.1) is 0 Å². The summed E-state index contributed by atoms with van der Waals surface area (Å²) in [5.41, 5.74) is 3.70. The van der Waals surface area contributed by atoms with Gasteiger partial charge in [0.25, 0.3) is 10.0 Å². The maximum absolute atomic E-state index is 13.4. The third kappa shape index (κ3) is 3.62. The van der Waals surface area contributed by atoms with E-state index in [2.05, 4.69) is 21.0 Å². The molecule has 0 aliphatic carbocycles. The van der Waals surface area contributed by atoms with E-state index in [9.17, 15) is 8.42 Å². The minimum absolute atomic E-state index is 0.242. The predicted octanol–water partition coefficient (Wildman–Crippen LogP) is 5.30. The van der Waals surface area contributed by atoms with E-state index in [0.717, 1.165) is 26.9 Å². The molecule has 0 radical (unpaired) electrons. The van der Waals surface area contributed by atoms with Crippen molar-refractivity contribution in [3.8, 4) is 0 Å². The zero-order chi connectivity index (χ0) is 19.7. The molecule has 1 aliphatic rings. The number of halogens is 1. The second-order valence-corrected chi connectivity index (χ2v) is 9.49. The summed E-state index contributed by atoms with van der Waals surface area (Å²) in [5.74, 6) is 0. The fraction of sp³-hybridized carbons (Fsp3) is 0.136. The van der Waals surface area contributed by atoms with E-state index < -0.39 is 10.0 Å². The second-order valence-electron chi connectivity index (χ2n) is 6.78. The number of sulfonamides is 1. The minimum Gasteiger partial charge on any atom is -0.200 e. The first kappa shape index (κ1) is 18.9. The van der Waals surface area contributed by atoms with Crippen molar-refractivity contribution in [2.24, 2.45) is 5.10 Å². The molecule has 0 unspecified atom stereocenters. The van der Waals surface area contributed by atoms with Gasteiger partial charge in [0.15, 0.2) is 0 Å². The number of hydrazone groups is 1. The van der Waals surface area contributed by atoms with Crippen molar-refractivity contribution in [1.82, 2.24) is 4.41 Å². The fourth-order valence-corrected chi connectivity index (χ4v) is 5.23. The lowest BCUT2D eigenvalue weighted by atomic mass is 9.98. The lowest BCUT2D eigenvalue weighted by molar-refractivity contribution is 0.371. The van der Waals surface area contributed by atoms with Crippen molar-refractivity contribution in [2.75, 3.05) is 0 Å². The van der Waals surface area contributed by atoms with Crippen LogP contribution in [0.2, 0.25) is 0 Å². The molecule has 0 aromatic heterocycles. The van der Waals surface area contributed by atoms with Crippen LogP contribution in [0.25, 0.3) is 0 Å². The predicted molar refractivity (Wildman–Crippen MR) is 115 cm³/mol. The molecule has 4 nitrogen and oxygen atoms in total. The van der Waals surface area contributed by atoms with Gasteiger partial charge in [0.05, 0.1) is 16.6 Å². The van der Waals surface area contributed by atoms with Gasteiger partial charge in [-0.05, 0) is 42.3 Å². The Kier molecular flexibility index (Phi) is 5.08. The molecule has 3 aromatic carbocycles. The molecule has 0 spiro atoms. The average molecular weight is 455 g/mol. The van der Waals surface area contributed by atoms with Crippen molar-refractivity contribution in [1.29, 1.82) is 0 Å². The maximum Gasteiger partial charge on any atom is 0.279 e. The zero-order valence-electron chi connectivity index (χ0n) is 15.3. The van der Waals surface area contributed by atoms with Gasteiger partial charge in [-0.25, -0.2) is 0 Å². The molecular weight excluding hydrogens is 436 g/mol. The molecule has 0 fully saturated rings. The van der Waals surface area contributed by atoms with E-state index in [1.807, 2.05) is 55.5 Å². The van der Waals surface area contributed by atoms with E-state index in [0.29, 0.717) is 6.42 Å². The Hall–Kier alpha value is -2.44. The van der Waals surface area contributed by atoms with Gasteiger partial charge in [0, 0.05) is 10.9 Å². The summed E-state index contributed by atoms with van der Waals surface area (Å²) in [6.07, 6.45) is 0.520. The van der Waals surface area contributed by atoms with Crippen molar-refractivity contribution in [3.63, 3.8) is 0 Å². The van der Waals surface area contributed by atoms with Crippen LogP contribution in [0.15, 0.2) is 93.3 Å². The van der Waals surface area contributed by atoms with E-state index in [-0.39, 0.29) is 10.9 Å². The number of nitrogens with zero attached hydrogens (tertiary/aromatic N) is 2. The monoisotopic (exact) mass is 454 g/mol. The van der Waals surface area contributed by atoms with E-state index in [1.165, 1.54) is 4.41 Å². The van der Waals surface area contributed by atoms with Crippen LogP contribution in [0.5, 0.6) is 0 Å². The minimum atomic E-state index is -3.77. The van der Waals surface area contributed by atoms with Gasteiger partial charge in [-0.2, -0.15) is 17.9 Å². The Bertz CT molecular complexity index is 1140. The van der Waals surface area contributed by atoms with Gasteiger partial charge >= 0.3 is 0 Å². The summed E-state index contributed by atoms with van der Waals surface area (Å²) < 4.78 is 28.9. The van der Waals surface area contributed by atoms with Crippen LogP contribution in [0.1, 0.15) is 29.2 Å². The maximum atomic E-state index is 13.4. The third-order valence-corrected chi connectivity index (χ3v) is 6.93. The number of rotatable bonds is 4. The molecule has 0 N–H and O–H groups in total. The fourth-order valence-electron chi connectivity index (χ4n) is 3.38. The highest BCUT2D eigenvalue weighted by molar-refractivity contribution is 9.10. The van der Waals surface area contributed by atoms with Crippen molar-refractivity contribution in [3.05, 3.63) is 100 Å². The summed E-state index contributed by atoms with van der Waals surface area (Å²) in [6.45, 7) is 2.00. The molecule has 0 amide bonds. The van der Waals surface area contributed by atoms with Crippen LogP contribution in [0, 0.1) is 6.92 Å². The number of hydrogen-bond acceptors (Lipinski definition) is 3. The first-order valence-corrected chi connectivity index (χ1v) is 11.2. The number of aryl methyl sites for hydroxylation is 1. The summed E-state index contributed by atoms with van der Waals surface area (Å²) in [5, 5.41) is 4.58. The molecule has 0 saturated carbocycles. The van der Waals surface area contributed by atoms with Gasteiger partial charge in [0.1, 0.15) is 0 Å². The molecule has 0 bridgehead atoms. The van der Waals surface area contributed by atoms with Crippen LogP contribution in [0.4, 0.5) is 0 Å². The highest BCUT2D eigenvalue weighted by Gasteiger charge is 2.37. The zero-order valence-corrected chi connectivity index (χ0v) is 17.7. The lowest BCUT2D eigenvalue weighted by Crippen LogP contribution is -2.27. The SMILES string of the molecule is Cc1cccc([C@@H]2CC(c3cccc(Br)c3)=NN2S(=O)(=O)c2ccccc2)c1. The summed E-state index contributed by atoms with van der Waals surface area (Å²) in [4.78, 5) is 0.242. The Morgan fingerprint density at radius 2 is 1.71 bits per heavy atom. The van der Waals surface area contributed by atoms with Crippen molar-refractivity contribution < 1.29 is 8.42 Å². The summed E-state index contributed by atoms with van der Waals surface area (Å²) in [6, 6.07) is 23.8. The van der Waals surface area contributed by atoms with Gasteiger partial charge in [-0.1, -0.05) is 76.1 Å². The highest BCUT2D eigenvalue weighted by atomic mass is 79.9. The highest BCUT2D eigenvalue weighted by Crippen LogP contribution is 2.37. The molecule has 6 heteroatoms. The number of hydrogen-bond donors (Lipinski definition) is 0. The van der Waals surface area contributed by atoms with Crippen LogP contribution < -0.4 is 0 Å². The van der Waals surface area contributed by atoms with Gasteiger partial charge < -0.3 is 0 Å². The van der Waals surface area contributed by atoms with Gasteiger partial charge in [0.2, 0.25) is 0 Å². The van der Waals surface area contributed by atoms with Crippen molar-refractivity contribution >= 4 is 31.7 Å². The van der Waals surface area contributed by atoms with Crippen LogP contribution in [-0.4, -0.2) is 18.5 Å². The molecule has 4 rings (SSSR count). The van der Waals surface area contributed by atoms with E-state index in [1.54, 1.807) is 30.3 Å².